The van der Waals surface area contributed by atoms with Crippen molar-refractivity contribution in [1.29, 1.82) is 0 Å². The summed E-state index contributed by atoms with van der Waals surface area (Å²) in [4.78, 5) is 38.6. The largest absolute Gasteiger partial charge is 0.499 e. The van der Waals surface area contributed by atoms with Gasteiger partial charge in [0.05, 0.1) is 13.2 Å². The van der Waals surface area contributed by atoms with Crippen LogP contribution in [0.15, 0.2) is 24.5 Å². The predicted molar refractivity (Wildman–Crippen MR) is 127 cm³/mol. The third-order valence-corrected chi connectivity index (χ3v) is 5.81. The Morgan fingerprint density at radius 2 is 2.03 bits per heavy atom. The van der Waals surface area contributed by atoms with Crippen LogP contribution in [0.25, 0.3) is 0 Å². The van der Waals surface area contributed by atoms with Crippen molar-refractivity contribution < 1.29 is 19.1 Å². The minimum absolute atomic E-state index is 0.0251. The molecule has 0 saturated heterocycles. The summed E-state index contributed by atoms with van der Waals surface area (Å²) in [6.07, 6.45) is 18.2. The van der Waals surface area contributed by atoms with Crippen LogP contribution in [0.4, 0.5) is 0 Å². The van der Waals surface area contributed by atoms with Gasteiger partial charge < -0.3 is 10.1 Å². The maximum atomic E-state index is 12.7. The summed E-state index contributed by atoms with van der Waals surface area (Å²) in [6, 6.07) is -0.348. The van der Waals surface area contributed by atoms with Crippen LogP contribution in [0.3, 0.4) is 0 Å². The molecule has 0 radical (unpaired) electrons. The first kappa shape index (κ1) is 27.5. The normalized spacial score (nSPS) is 16.3. The SMILES string of the molecule is C#CCCCC[C@@H](C)C(=O)NCCCC[C@H]1C(OC)=CC(=O)N1C(=O)CCCCCC=C. The number of methoxy groups -OCH3 is 1. The number of carbonyl (C=O) groups excluding carboxylic acids is 3. The molecule has 1 N–H and O–H groups in total. The van der Waals surface area contributed by atoms with Crippen molar-refractivity contribution in [2.24, 2.45) is 5.92 Å². The Kier molecular flexibility index (Phi) is 13.9. The standard InChI is InChI=1S/C26H40N2O4/c1-5-7-9-11-13-18-24(29)28-22(23(32-4)20-25(28)30)17-14-15-19-27-26(31)21(3)16-12-10-8-6-2/h2,5,20-22H,1,7-19H2,3-4H3,(H,27,31)/t21-,22+/m1/s1. The quantitative estimate of drug-likeness (QED) is 0.203. The molecule has 178 valence electrons. The fraction of sp³-hybridized carbons (Fsp3) is 0.654. The number of allylic oxidation sites excluding steroid dienone is 1. The number of ether oxygens (including phenoxy) is 1. The van der Waals surface area contributed by atoms with Gasteiger partial charge in [-0.1, -0.05) is 25.8 Å². The summed E-state index contributed by atoms with van der Waals surface area (Å²) in [7, 11) is 1.53. The number of imide groups is 1. The summed E-state index contributed by atoms with van der Waals surface area (Å²) < 4.78 is 5.37. The van der Waals surface area contributed by atoms with Gasteiger partial charge in [-0.05, 0) is 51.4 Å². The van der Waals surface area contributed by atoms with Gasteiger partial charge in [0.2, 0.25) is 11.8 Å². The van der Waals surface area contributed by atoms with Crippen LogP contribution in [0.5, 0.6) is 0 Å². The maximum absolute atomic E-state index is 12.7. The van der Waals surface area contributed by atoms with Gasteiger partial charge in [-0.3, -0.25) is 19.3 Å². The van der Waals surface area contributed by atoms with Gasteiger partial charge in [-0.15, -0.1) is 18.9 Å². The maximum Gasteiger partial charge on any atom is 0.257 e. The van der Waals surface area contributed by atoms with Gasteiger partial charge in [-0.25, -0.2) is 0 Å². The molecule has 0 aromatic heterocycles. The van der Waals surface area contributed by atoms with E-state index >= 15 is 0 Å². The number of terminal acetylenes is 1. The molecule has 0 aliphatic carbocycles. The number of hydrogen-bond acceptors (Lipinski definition) is 4. The average Bonchev–Trinajstić information content (AvgIpc) is 3.11. The van der Waals surface area contributed by atoms with Crippen molar-refractivity contribution in [1.82, 2.24) is 10.2 Å². The van der Waals surface area contributed by atoms with Crippen LogP contribution in [0.2, 0.25) is 0 Å². The molecule has 0 aromatic carbocycles. The molecule has 32 heavy (non-hydrogen) atoms. The van der Waals surface area contributed by atoms with E-state index < -0.39 is 0 Å². The summed E-state index contributed by atoms with van der Waals surface area (Å²) in [6.45, 7) is 6.22. The monoisotopic (exact) mass is 444 g/mol. The molecule has 1 rings (SSSR count). The van der Waals surface area contributed by atoms with E-state index in [1.54, 1.807) is 0 Å². The Bertz CT molecular complexity index is 692. The highest BCUT2D eigenvalue weighted by atomic mass is 16.5. The van der Waals surface area contributed by atoms with Crippen molar-refractivity contribution in [3.05, 3.63) is 24.5 Å². The summed E-state index contributed by atoms with van der Waals surface area (Å²) in [5.74, 6) is 2.75. The van der Waals surface area contributed by atoms with E-state index in [4.69, 9.17) is 11.2 Å². The Morgan fingerprint density at radius 1 is 1.25 bits per heavy atom. The van der Waals surface area contributed by atoms with E-state index in [0.717, 1.165) is 64.2 Å². The lowest BCUT2D eigenvalue weighted by molar-refractivity contribution is -0.143. The van der Waals surface area contributed by atoms with Crippen molar-refractivity contribution >= 4 is 17.7 Å². The van der Waals surface area contributed by atoms with Crippen molar-refractivity contribution in [2.45, 2.75) is 90.0 Å². The number of hydrogen-bond donors (Lipinski definition) is 1. The van der Waals surface area contributed by atoms with E-state index in [0.29, 0.717) is 25.1 Å². The predicted octanol–water partition coefficient (Wildman–Crippen LogP) is 4.51. The second-order valence-corrected chi connectivity index (χ2v) is 8.39. The topological polar surface area (TPSA) is 75.7 Å². The van der Waals surface area contributed by atoms with Gasteiger partial charge in [0.1, 0.15) is 5.76 Å². The van der Waals surface area contributed by atoms with Gasteiger partial charge in [0, 0.05) is 31.4 Å². The van der Waals surface area contributed by atoms with Crippen LogP contribution in [0.1, 0.15) is 84.0 Å². The molecule has 0 fully saturated rings. The highest BCUT2D eigenvalue weighted by molar-refractivity contribution is 6.04. The summed E-state index contributed by atoms with van der Waals surface area (Å²) in [5, 5.41) is 2.98. The second-order valence-electron chi connectivity index (χ2n) is 8.39. The Labute approximate surface area is 193 Å². The molecule has 6 heteroatoms. The van der Waals surface area contributed by atoms with Crippen LogP contribution in [0, 0.1) is 18.3 Å². The highest BCUT2D eigenvalue weighted by Gasteiger charge is 2.37. The first-order chi connectivity index (χ1) is 15.5. The minimum atomic E-state index is -0.348. The van der Waals surface area contributed by atoms with Crippen molar-refractivity contribution in [3.63, 3.8) is 0 Å². The highest BCUT2D eigenvalue weighted by Crippen LogP contribution is 2.26. The van der Waals surface area contributed by atoms with Crippen molar-refractivity contribution in [2.75, 3.05) is 13.7 Å². The molecule has 1 aliphatic heterocycles. The fourth-order valence-electron chi connectivity index (χ4n) is 3.85. The molecular formula is C26H40N2O4. The number of amides is 3. The molecule has 0 spiro atoms. The zero-order valence-corrected chi connectivity index (χ0v) is 19.9. The molecule has 1 heterocycles. The van der Waals surface area contributed by atoms with Crippen LogP contribution >= 0.6 is 0 Å². The zero-order valence-electron chi connectivity index (χ0n) is 19.9. The van der Waals surface area contributed by atoms with E-state index in [1.807, 2.05) is 13.0 Å². The van der Waals surface area contributed by atoms with Crippen LogP contribution in [-0.2, 0) is 19.1 Å². The molecule has 2 atom stereocenters. The van der Waals surface area contributed by atoms with Crippen molar-refractivity contribution in [3.8, 4) is 12.3 Å². The van der Waals surface area contributed by atoms with Crippen LogP contribution < -0.4 is 5.32 Å². The molecular weight excluding hydrogens is 404 g/mol. The number of nitrogens with zero attached hydrogens (tertiary/aromatic N) is 1. The number of carbonyl (C=O) groups is 3. The Balaban J connectivity index is 2.39. The molecule has 0 unspecified atom stereocenters. The summed E-state index contributed by atoms with van der Waals surface area (Å²) in [5.41, 5.74) is 0. The third kappa shape index (κ3) is 9.72. The third-order valence-electron chi connectivity index (χ3n) is 5.81. The molecule has 3 amide bonds. The minimum Gasteiger partial charge on any atom is -0.499 e. The molecule has 0 aromatic rings. The number of unbranched alkanes of at least 4 members (excludes halogenated alkanes) is 6. The van der Waals surface area contributed by atoms with E-state index in [9.17, 15) is 14.4 Å². The first-order valence-electron chi connectivity index (χ1n) is 11.9. The molecule has 0 saturated carbocycles. The number of rotatable bonds is 17. The van der Waals surface area contributed by atoms with Crippen LogP contribution in [-0.4, -0.2) is 42.3 Å². The van der Waals surface area contributed by atoms with E-state index in [-0.39, 0.29) is 29.7 Å². The lowest BCUT2D eigenvalue weighted by Gasteiger charge is -2.25. The van der Waals surface area contributed by atoms with Gasteiger partial charge in [0.15, 0.2) is 0 Å². The Hall–Kier alpha value is -2.55. The fourth-order valence-corrected chi connectivity index (χ4v) is 3.85. The Morgan fingerprint density at radius 3 is 2.72 bits per heavy atom. The number of nitrogens with one attached hydrogen (secondary N) is 1. The van der Waals surface area contributed by atoms with Gasteiger partial charge in [0.25, 0.3) is 5.91 Å². The van der Waals surface area contributed by atoms with E-state index in [1.165, 1.54) is 18.1 Å². The van der Waals surface area contributed by atoms with Gasteiger partial charge >= 0.3 is 0 Å². The average molecular weight is 445 g/mol. The molecule has 1 aliphatic rings. The lowest BCUT2D eigenvalue weighted by Crippen LogP contribution is -2.40. The zero-order chi connectivity index (χ0) is 23.8. The molecule has 6 nitrogen and oxygen atoms in total. The smallest absolute Gasteiger partial charge is 0.257 e. The lowest BCUT2D eigenvalue weighted by atomic mass is 10.0. The summed E-state index contributed by atoms with van der Waals surface area (Å²) >= 11 is 0. The van der Waals surface area contributed by atoms with E-state index in [2.05, 4.69) is 17.8 Å². The van der Waals surface area contributed by atoms with Gasteiger partial charge in [-0.2, -0.15) is 0 Å². The molecule has 0 bridgehead atoms. The first-order valence-corrected chi connectivity index (χ1v) is 11.9. The second kappa shape index (κ2) is 16.1.